The van der Waals surface area contributed by atoms with E-state index in [4.69, 9.17) is 14.5 Å². The molecular formula is C19H30N6O3. The summed E-state index contributed by atoms with van der Waals surface area (Å²) in [6.45, 7) is 10.3. The van der Waals surface area contributed by atoms with Gasteiger partial charge in [0.2, 0.25) is 0 Å². The molecular weight excluding hydrogens is 360 g/mol. The Labute approximate surface area is 165 Å². The molecule has 0 aliphatic carbocycles. The Morgan fingerprint density at radius 2 is 2.14 bits per heavy atom. The summed E-state index contributed by atoms with van der Waals surface area (Å²) in [6.07, 6.45) is 2.83. The second-order valence-electron chi connectivity index (χ2n) is 7.97. The number of hydrogen-bond acceptors (Lipinski definition) is 7. The monoisotopic (exact) mass is 390 g/mol. The molecule has 9 heteroatoms. The highest BCUT2D eigenvalue weighted by atomic mass is 16.6. The van der Waals surface area contributed by atoms with Crippen molar-refractivity contribution in [2.75, 3.05) is 32.1 Å². The highest BCUT2D eigenvalue weighted by molar-refractivity contribution is 5.83. The lowest BCUT2D eigenvalue weighted by molar-refractivity contribution is 0.0293. The van der Waals surface area contributed by atoms with Crippen molar-refractivity contribution in [1.29, 1.82) is 0 Å². The molecule has 1 aliphatic heterocycles. The number of amides is 1. The molecule has 0 bridgehead atoms. The van der Waals surface area contributed by atoms with Crippen LogP contribution in [0.25, 0.3) is 11.2 Å². The number of imidazole rings is 1. The van der Waals surface area contributed by atoms with E-state index in [0.29, 0.717) is 25.5 Å². The first-order valence-corrected chi connectivity index (χ1v) is 9.76. The number of nitrogens with zero attached hydrogens (tertiary/aromatic N) is 5. The number of nitrogens with one attached hydrogen (secondary N) is 1. The quantitative estimate of drug-likeness (QED) is 0.809. The van der Waals surface area contributed by atoms with Crippen LogP contribution in [0.1, 0.15) is 39.9 Å². The molecule has 0 aromatic carbocycles. The second-order valence-corrected chi connectivity index (χ2v) is 7.97. The number of fused-ring (bicyclic) bond motifs is 1. The smallest absolute Gasteiger partial charge is 0.410 e. The summed E-state index contributed by atoms with van der Waals surface area (Å²) >= 11 is 0. The van der Waals surface area contributed by atoms with Crippen LogP contribution in [0, 0.1) is 0 Å². The van der Waals surface area contributed by atoms with Crippen molar-refractivity contribution in [3.05, 3.63) is 12.2 Å². The van der Waals surface area contributed by atoms with Crippen molar-refractivity contribution in [3.8, 4) is 0 Å². The molecule has 154 valence electrons. The summed E-state index contributed by atoms with van der Waals surface area (Å²) in [6, 6.07) is 0.0971. The minimum atomic E-state index is -0.493. The van der Waals surface area contributed by atoms with Crippen LogP contribution in [-0.2, 0) is 22.4 Å². The average Bonchev–Trinajstić information content (AvgIpc) is 3.23. The van der Waals surface area contributed by atoms with Crippen LogP contribution < -0.4 is 5.32 Å². The van der Waals surface area contributed by atoms with Gasteiger partial charge in [-0.25, -0.2) is 19.7 Å². The minimum absolute atomic E-state index is 0.0971. The van der Waals surface area contributed by atoms with Crippen LogP contribution in [0.4, 0.5) is 10.6 Å². The Morgan fingerprint density at radius 1 is 1.36 bits per heavy atom. The van der Waals surface area contributed by atoms with E-state index < -0.39 is 5.60 Å². The van der Waals surface area contributed by atoms with E-state index in [1.807, 2.05) is 20.8 Å². The zero-order valence-corrected chi connectivity index (χ0v) is 17.4. The number of hydrogen-bond donors (Lipinski definition) is 1. The fourth-order valence-electron chi connectivity index (χ4n) is 3.37. The van der Waals surface area contributed by atoms with Crippen molar-refractivity contribution >= 4 is 23.1 Å². The Bertz CT molecular complexity index is 829. The number of likely N-dealkylation sites (tertiary alicyclic amines) is 1. The van der Waals surface area contributed by atoms with Crippen molar-refractivity contribution in [2.45, 2.75) is 58.7 Å². The van der Waals surface area contributed by atoms with Gasteiger partial charge in [-0.2, -0.15) is 0 Å². The maximum absolute atomic E-state index is 12.3. The summed E-state index contributed by atoms with van der Waals surface area (Å²) in [7, 11) is 1.68. The molecule has 3 heterocycles. The number of aryl methyl sites for hydroxylation is 1. The van der Waals surface area contributed by atoms with E-state index >= 15 is 0 Å². The molecule has 3 rings (SSSR count). The summed E-state index contributed by atoms with van der Waals surface area (Å²) in [5, 5.41) is 3.44. The van der Waals surface area contributed by atoms with Crippen molar-refractivity contribution in [1.82, 2.24) is 24.4 Å². The van der Waals surface area contributed by atoms with E-state index in [9.17, 15) is 4.79 Å². The standard InChI is InChI=1S/C19H30N6O3/c1-6-25-14(8-10-27-5)23-15-16(20-12-21-17(15)25)22-13-7-9-24(11-13)18(26)28-19(2,3)4/h12-13H,6-11H2,1-5H3,(H,20,21,22). The predicted molar refractivity (Wildman–Crippen MR) is 106 cm³/mol. The third-order valence-corrected chi connectivity index (χ3v) is 4.64. The molecule has 1 aliphatic rings. The van der Waals surface area contributed by atoms with Gasteiger partial charge in [0.15, 0.2) is 17.0 Å². The maximum Gasteiger partial charge on any atom is 0.410 e. The van der Waals surface area contributed by atoms with Gasteiger partial charge in [-0.15, -0.1) is 0 Å². The normalized spacial score (nSPS) is 17.3. The lowest BCUT2D eigenvalue weighted by Crippen LogP contribution is -2.36. The fraction of sp³-hybridized carbons (Fsp3) is 0.684. The molecule has 0 spiro atoms. The average molecular weight is 390 g/mol. The van der Waals surface area contributed by atoms with E-state index in [2.05, 4.69) is 26.8 Å². The first kappa shape index (κ1) is 20.3. The molecule has 2 aromatic rings. The fourth-order valence-corrected chi connectivity index (χ4v) is 3.37. The van der Waals surface area contributed by atoms with Gasteiger partial charge in [-0.1, -0.05) is 0 Å². The van der Waals surface area contributed by atoms with Crippen LogP contribution >= 0.6 is 0 Å². The van der Waals surface area contributed by atoms with Crippen LogP contribution in [0.3, 0.4) is 0 Å². The number of anilines is 1. The Hall–Kier alpha value is -2.42. The molecule has 1 N–H and O–H groups in total. The topological polar surface area (TPSA) is 94.4 Å². The SMILES string of the molecule is CCn1c(CCOC)nc2c(NC3CCN(C(=O)OC(C)(C)C)C3)ncnc21. The van der Waals surface area contributed by atoms with Gasteiger partial charge in [0.1, 0.15) is 17.8 Å². The number of carbonyl (C=O) groups is 1. The van der Waals surface area contributed by atoms with Gasteiger partial charge in [-0.05, 0) is 34.1 Å². The van der Waals surface area contributed by atoms with Crippen molar-refractivity contribution in [3.63, 3.8) is 0 Å². The van der Waals surface area contributed by atoms with Gasteiger partial charge in [0.25, 0.3) is 0 Å². The molecule has 0 radical (unpaired) electrons. The molecule has 28 heavy (non-hydrogen) atoms. The lowest BCUT2D eigenvalue weighted by atomic mass is 10.2. The number of ether oxygens (including phenoxy) is 2. The Kier molecular flexibility index (Phi) is 6.02. The number of methoxy groups -OCH3 is 1. The van der Waals surface area contributed by atoms with E-state index in [0.717, 1.165) is 36.4 Å². The predicted octanol–water partition coefficient (Wildman–Crippen LogP) is 2.46. The zero-order chi connectivity index (χ0) is 20.3. The Morgan fingerprint density at radius 3 is 2.82 bits per heavy atom. The Balaban J connectivity index is 1.74. The number of rotatable bonds is 6. The molecule has 1 saturated heterocycles. The first-order valence-electron chi connectivity index (χ1n) is 9.76. The van der Waals surface area contributed by atoms with Crippen LogP contribution in [-0.4, -0.2) is 69.0 Å². The third kappa shape index (κ3) is 4.52. The minimum Gasteiger partial charge on any atom is -0.444 e. The molecule has 9 nitrogen and oxygen atoms in total. The highest BCUT2D eigenvalue weighted by Crippen LogP contribution is 2.24. The van der Waals surface area contributed by atoms with Gasteiger partial charge >= 0.3 is 6.09 Å². The molecule has 2 aromatic heterocycles. The summed E-state index contributed by atoms with van der Waals surface area (Å²) < 4.78 is 12.7. The number of aromatic nitrogens is 4. The lowest BCUT2D eigenvalue weighted by Gasteiger charge is -2.24. The van der Waals surface area contributed by atoms with Gasteiger partial charge < -0.3 is 24.3 Å². The molecule has 1 atom stereocenters. The van der Waals surface area contributed by atoms with E-state index in [1.165, 1.54) is 0 Å². The van der Waals surface area contributed by atoms with Gasteiger partial charge in [0.05, 0.1) is 6.61 Å². The summed E-state index contributed by atoms with van der Waals surface area (Å²) in [4.78, 5) is 27.6. The second kappa shape index (κ2) is 8.30. The van der Waals surface area contributed by atoms with Crippen LogP contribution in [0.2, 0.25) is 0 Å². The van der Waals surface area contributed by atoms with Crippen LogP contribution in [0.15, 0.2) is 6.33 Å². The van der Waals surface area contributed by atoms with Gasteiger partial charge in [-0.3, -0.25) is 0 Å². The molecule has 1 unspecified atom stereocenters. The largest absolute Gasteiger partial charge is 0.444 e. The van der Waals surface area contributed by atoms with Gasteiger partial charge in [0, 0.05) is 39.2 Å². The molecule has 1 fully saturated rings. The van der Waals surface area contributed by atoms with Crippen LogP contribution in [0.5, 0.6) is 0 Å². The van der Waals surface area contributed by atoms with E-state index in [1.54, 1.807) is 18.3 Å². The van der Waals surface area contributed by atoms with Crippen molar-refractivity contribution < 1.29 is 14.3 Å². The zero-order valence-electron chi connectivity index (χ0n) is 17.4. The maximum atomic E-state index is 12.3. The third-order valence-electron chi connectivity index (χ3n) is 4.64. The van der Waals surface area contributed by atoms with Crippen molar-refractivity contribution in [2.24, 2.45) is 0 Å². The molecule has 1 amide bonds. The first-order chi connectivity index (χ1) is 13.3. The summed E-state index contributed by atoms with van der Waals surface area (Å²) in [5.41, 5.74) is 1.08. The summed E-state index contributed by atoms with van der Waals surface area (Å²) in [5.74, 6) is 1.64. The molecule has 0 saturated carbocycles. The van der Waals surface area contributed by atoms with E-state index in [-0.39, 0.29) is 12.1 Å². The number of carbonyl (C=O) groups excluding carboxylic acids is 1. The highest BCUT2D eigenvalue weighted by Gasteiger charge is 2.30.